The summed E-state index contributed by atoms with van der Waals surface area (Å²) in [7, 11) is 0. The molecule has 1 aliphatic heterocycles. The van der Waals surface area contributed by atoms with E-state index >= 15 is 0 Å². The van der Waals surface area contributed by atoms with E-state index < -0.39 is 18.4 Å². The van der Waals surface area contributed by atoms with E-state index in [0.29, 0.717) is 9.90 Å². The third kappa shape index (κ3) is 2.29. The Kier molecular flexibility index (Phi) is 3.20. The first-order valence-electron chi connectivity index (χ1n) is 5.94. The van der Waals surface area contributed by atoms with Crippen molar-refractivity contribution in [3.05, 3.63) is 33.7 Å². The monoisotopic (exact) mass is 335 g/mol. The van der Waals surface area contributed by atoms with Crippen molar-refractivity contribution < 1.29 is 23.1 Å². The standard InChI is InChI=1S/C13H9ClF3NO2S/c1-6-8-4-7(14)2-3-10(8)21-11(6)9-5-12(19,20-18-9)13(15,16)17/h2-4,19H,5H2,1H3/t12-/m1/s1. The number of alkyl halides is 3. The summed E-state index contributed by atoms with van der Waals surface area (Å²) in [4.78, 5) is 4.81. The molecule has 3 nitrogen and oxygen atoms in total. The fourth-order valence-electron chi connectivity index (χ4n) is 2.16. The number of thiophene rings is 1. The highest BCUT2D eigenvalue weighted by atomic mass is 35.5. The highest BCUT2D eigenvalue weighted by molar-refractivity contribution is 7.21. The molecule has 0 amide bonds. The van der Waals surface area contributed by atoms with Crippen molar-refractivity contribution in [2.75, 3.05) is 0 Å². The highest BCUT2D eigenvalue weighted by Gasteiger charge is 2.60. The lowest BCUT2D eigenvalue weighted by atomic mass is 10.0. The first-order chi connectivity index (χ1) is 9.71. The van der Waals surface area contributed by atoms with Crippen LogP contribution >= 0.6 is 22.9 Å². The van der Waals surface area contributed by atoms with Gasteiger partial charge in [-0.25, -0.2) is 0 Å². The molecule has 1 aromatic heterocycles. The fourth-order valence-corrected chi connectivity index (χ4v) is 3.50. The Hall–Kier alpha value is -1.31. The van der Waals surface area contributed by atoms with Gasteiger partial charge in [0.15, 0.2) is 0 Å². The first kappa shape index (κ1) is 14.6. The van der Waals surface area contributed by atoms with Gasteiger partial charge in [-0.2, -0.15) is 13.2 Å². The van der Waals surface area contributed by atoms with Gasteiger partial charge in [-0.05, 0) is 36.1 Å². The molecular weight excluding hydrogens is 327 g/mol. The van der Waals surface area contributed by atoms with Crippen LogP contribution in [0.3, 0.4) is 0 Å². The van der Waals surface area contributed by atoms with Gasteiger partial charge < -0.3 is 9.94 Å². The van der Waals surface area contributed by atoms with Gasteiger partial charge in [-0.15, -0.1) is 11.3 Å². The van der Waals surface area contributed by atoms with E-state index in [1.54, 1.807) is 25.1 Å². The maximum absolute atomic E-state index is 12.7. The largest absolute Gasteiger partial charge is 0.458 e. The minimum absolute atomic E-state index is 0.0876. The lowest BCUT2D eigenvalue weighted by Crippen LogP contribution is -2.45. The number of rotatable bonds is 1. The lowest BCUT2D eigenvalue weighted by Gasteiger charge is -2.22. The molecule has 0 radical (unpaired) electrons. The highest BCUT2D eigenvalue weighted by Crippen LogP contribution is 2.42. The predicted molar refractivity (Wildman–Crippen MR) is 74.8 cm³/mol. The summed E-state index contributed by atoms with van der Waals surface area (Å²) in [5.74, 6) is -3.25. The second-order valence-corrected chi connectivity index (χ2v) is 6.27. The first-order valence-corrected chi connectivity index (χ1v) is 7.14. The maximum Gasteiger partial charge on any atom is 0.458 e. The van der Waals surface area contributed by atoms with E-state index in [2.05, 4.69) is 9.99 Å². The van der Waals surface area contributed by atoms with E-state index in [9.17, 15) is 18.3 Å². The van der Waals surface area contributed by atoms with Crippen LogP contribution in [0.15, 0.2) is 23.4 Å². The van der Waals surface area contributed by atoms with Crippen LogP contribution in [0.25, 0.3) is 10.1 Å². The Morgan fingerprint density at radius 3 is 2.76 bits per heavy atom. The minimum atomic E-state index is -4.90. The van der Waals surface area contributed by atoms with Crippen LogP contribution in [0, 0.1) is 6.92 Å². The van der Waals surface area contributed by atoms with Crippen LogP contribution in [0.1, 0.15) is 16.9 Å². The molecule has 1 atom stereocenters. The quantitative estimate of drug-likeness (QED) is 0.847. The van der Waals surface area contributed by atoms with Crippen molar-refractivity contribution in [2.45, 2.75) is 25.3 Å². The number of fused-ring (bicyclic) bond motifs is 1. The number of oxime groups is 1. The summed E-state index contributed by atoms with van der Waals surface area (Å²) in [6.07, 6.45) is -5.62. The van der Waals surface area contributed by atoms with Crippen LogP contribution in [-0.4, -0.2) is 22.8 Å². The van der Waals surface area contributed by atoms with Gasteiger partial charge >= 0.3 is 12.0 Å². The van der Waals surface area contributed by atoms with Gasteiger partial charge in [0, 0.05) is 9.72 Å². The summed E-state index contributed by atoms with van der Waals surface area (Å²) >= 11 is 7.22. The van der Waals surface area contributed by atoms with E-state index in [1.807, 2.05) is 0 Å². The van der Waals surface area contributed by atoms with Crippen molar-refractivity contribution in [2.24, 2.45) is 5.16 Å². The van der Waals surface area contributed by atoms with Crippen LogP contribution < -0.4 is 0 Å². The van der Waals surface area contributed by atoms with Crippen LogP contribution in [-0.2, 0) is 4.84 Å². The molecule has 8 heteroatoms. The topological polar surface area (TPSA) is 41.8 Å². The third-order valence-corrected chi connectivity index (χ3v) is 4.87. The van der Waals surface area contributed by atoms with Crippen molar-refractivity contribution in [3.8, 4) is 0 Å². The Morgan fingerprint density at radius 2 is 2.14 bits per heavy atom. The van der Waals surface area contributed by atoms with Gasteiger partial charge in [-0.1, -0.05) is 16.8 Å². The Labute approximate surface area is 126 Å². The van der Waals surface area contributed by atoms with Crippen LogP contribution in [0.4, 0.5) is 13.2 Å². The number of benzene rings is 1. The Morgan fingerprint density at radius 1 is 1.43 bits per heavy atom. The summed E-state index contributed by atoms with van der Waals surface area (Å²) in [6, 6.07) is 5.26. The fraction of sp³-hybridized carbons (Fsp3) is 0.308. The molecule has 0 unspecified atom stereocenters. The number of halogens is 4. The van der Waals surface area contributed by atoms with Crippen molar-refractivity contribution in [3.63, 3.8) is 0 Å². The molecule has 3 rings (SSSR count). The molecule has 0 fully saturated rings. The molecular formula is C13H9ClF3NO2S. The molecule has 1 N–H and O–H groups in total. The average molecular weight is 336 g/mol. The normalized spacial score (nSPS) is 22.5. The molecule has 0 saturated heterocycles. The zero-order valence-electron chi connectivity index (χ0n) is 10.7. The molecule has 0 saturated carbocycles. The van der Waals surface area contributed by atoms with Crippen LogP contribution in [0.2, 0.25) is 5.02 Å². The number of aryl methyl sites for hydroxylation is 1. The van der Waals surface area contributed by atoms with Gasteiger partial charge in [0.05, 0.1) is 11.3 Å². The second kappa shape index (κ2) is 4.59. The zero-order chi connectivity index (χ0) is 15.4. The molecule has 0 bridgehead atoms. The lowest BCUT2D eigenvalue weighted by molar-refractivity contribution is -0.355. The molecule has 112 valence electrons. The Bertz CT molecular complexity index is 756. The predicted octanol–water partition coefficient (Wildman–Crippen LogP) is 4.24. The smallest absolute Gasteiger partial charge is 0.350 e. The van der Waals surface area contributed by atoms with Crippen LogP contribution in [0.5, 0.6) is 0 Å². The summed E-state index contributed by atoms with van der Waals surface area (Å²) in [5, 5.41) is 14.3. The van der Waals surface area contributed by atoms with Crippen molar-refractivity contribution in [1.82, 2.24) is 0 Å². The van der Waals surface area contributed by atoms with E-state index in [4.69, 9.17) is 11.6 Å². The van der Waals surface area contributed by atoms with Gasteiger partial charge in [0.25, 0.3) is 0 Å². The third-order valence-electron chi connectivity index (χ3n) is 3.32. The van der Waals surface area contributed by atoms with Gasteiger partial charge in [0.2, 0.25) is 0 Å². The van der Waals surface area contributed by atoms with E-state index in [-0.39, 0.29) is 5.71 Å². The molecule has 0 spiro atoms. The zero-order valence-corrected chi connectivity index (χ0v) is 12.2. The van der Waals surface area contributed by atoms with Crippen molar-refractivity contribution >= 4 is 38.7 Å². The molecule has 1 aromatic carbocycles. The number of nitrogens with zero attached hydrogens (tertiary/aromatic N) is 1. The molecule has 2 aromatic rings. The second-order valence-electron chi connectivity index (χ2n) is 4.78. The molecule has 0 aliphatic carbocycles. The Balaban J connectivity index is 2.02. The number of hydrogen-bond donors (Lipinski definition) is 1. The minimum Gasteiger partial charge on any atom is -0.350 e. The summed E-state index contributed by atoms with van der Waals surface area (Å²) in [5.41, 5.74) is 0.857. The molecule has 21 heavy (non-hydrogen) atoms. The average Bonchev–Trinajstić information content (AvgIpc) is 2.92. The van der Waals surface area contributed by atoms with E-state index in [0.717, 1.165) is 15.6 Å². The SMILES string of the molecule is Cc1c(C2=NO[C@@](O)(C(F)(F)F)C2)sc2ccc(Cl)cc12. The number of hydrogen-bond acceptors (Lipinski definition) is 4. The van der Waals surface area contributed by atoms with E-state index in [1.165, 1.54) is 11.3 Å². The van der Waals surface area contributed by atoms with Gasteiger partial charge in [-0.3, -0.25) is 0 Å². The number of aliphatic hydroxyl groups is 1. The molecule has 2 heterocycles. The molecule has 1 aliphatic rings. The van der Waals surface area contributed by atoms with Gasteiger partial charge in [0.1, 0.15) is 5.71 Å². The van der Waals surface area contributed by atoms with Crippen molar-refractivity contribution in [1.29, 1.82) is 0 Å². The summed E-state index contributed by atoms with van der Waals surface area (Å²) < 4.78 is 39.1. The maximum atomic E-state index is 12.7. The summed E-state index contributed by atoms with van der Waals surface area (Å²) in [6.45, 7) is 1.78.